The minimum absolute atomic E-state index is 0. The number of ether oxygens (including phenoxy) is 1. The Morgan fingerprint density at radius 1 is 1.37 bits per heavy atom. The lowest BCUT2D eigenvalue weighted by molar-refractivity contribution is 0.182. The quantitative estimate of drug-likeness (QED) is 0.330. The van der Waals surface area contributed by atoms with Crippen molar-refractivity contribution < 1.29 is 4.74 Å². The van der Waals surface area contributed by atoms with Crippen LogP contribution in [-0.2, 0) is 6.54 Å². The molecule has 148 valence electrons. The molecular weight excluding hydrogens is 495 g/mol. The SMILES string of the molecule is COc1ccc(NC(N)=NCC2CCN(Cc3cccs3)CC2)cc1Cl.I. The summed E-state index contributed by atoms with van der Waals surface area (Å²) in [4.78, 5) is 8.47. The molecule has 5 nitrogen and oxygen atoms in total. The van der Waals surface area contributed by atoms with E-state index in [4.69, 9.17) is 22.1 Å². The summed E-state index contributed by atoms with van der Waals surface area (Å²) in [7, 11) is 1.59. The van der Waals surface area contributed by atoms with Crippen LogP contribution in [0.5, 0.6) is 5.75 Å². The van der Waals surface area contributed by atoms with Crippen LogP contribution >= 0.6 is 46.9 Å². The molecule has 1 fully saturated rings. The summed E-state index contributed by atoms with van der Waals surface area (Å²) in [5.74, 6) is 1.66. The van der Waals surface area contributed by atoms with Crippen LogP contribution in [0.25, 0.3) is 0 Å². The summed E-state index contributed by atoms with van der Waals surface area (Å²) < 4.78 is 5.15. The molecule has 2 heterocycles. The zero-order valence-corrected chi connectivity index (χ0v) is 19.3. The van der Waals surface area contributed by atoms with Crippen LogP contribution in [0, 0.1) is 5.92 Å². The van der Waals surface area contributed by atoms with Gasteiger partial charge in [-0.25, -0.2) is 0 Å². The number of benzene rings is 1. The number of nitrogens with two attached hydrogens (primary N) is 1. The van der Waals surface area contributed by atoms with Crippen molar-refractivity contribution in [2.24, 2.45) is 16.6 Å². The number of aliphatic imine (C=N–C) groups is 1. The van der Waals surface area contributed by atoms with E-state index in [0.29, 0.717) is 22.6 Å². The molecule has 0 aliphatic carbocycles. The predicted molar refractivity (Wildman–Crippen MR) is 126 cm³/mol. The number of anilines is 1. The molecule has 2 aromatic rings. The molecule has 1 saturated heterocycles. The summed E-state index contributed by atoms with van der Waals surface area (Å²) in [5, 5.41) is 5.78. The zero-order valence-electron chi connectivity index (χ0n) is 15.4. The van der Waals surface area contributed by atoms with E-state index in [-0.39, 0.29) is 24.0 Å². The number of hydrogen-bond donors (Lipinski definition) is 2. The van der Waals surface area contributed by atoms with Gasteiger partial charge in [0, 0.05) is 23.7 Å². The highest BCUT2D eigenvalue weighted by molar-refractivity contribution is 14.0. The summed E-state index contributed by atoms with van der Waals surface area (Å²) >= 11 is 7.96. The number of nitrogens with zero attached hydrogens (tertiary/aromatic N) is 2. The van der Waals surface area contributed by atoms with E-state index in [2.05, 4.69) is 32.7 Å². The first kappa shape index (κ1) is 22.3. The molecule has 1 aliphatic heterocycles. The average Bonchev–Trinajstić information content (AvgIpc) is 3.14. The number of guanidine groups is 1. The second-order valence-corrected chi connectivity index (χ2v) is 7.94. The van der Waals surface area contributed by atoms with Gasteiger partial charge in [0.15, 0.2) is 5.96 Å². The lowest BCUT2D eigenvalue weighted by Gasteiger charge is -2.30. The number of halogens is 2. The Bertz CT molecular complexity index is 733. The molecule has 0 bridgehead atoms. The highest BCUT2D eigenvalue weighted by Gasteiger charge is 2.19. The van der Waals surface area contributed by atoms with Crippen LogP contribution in [0.2, 0.25) is 5.02 Å². The Morgan fingerprint density at radius 2 is 2.15 bits per heavy atom. The van der Waals surface area contributed by atoms with Crippen LogP contribution < -0.4 is 15.8 Å². The Kier molecular flexibility index (Phi) is 9.14. The maximum atomic E-state index is 6.13. The molecule has 0 saturated carbocycles. The number of piperidine rings is 1. The third-order valence-electron chi connectivity index (χ3n) is 4.61. The van der Waals surface area contributed by atoms with E-state index in [1.807, 2.05) is 17.4 Å². The minimum atomic E-state index is 0. The van der Waals surface area contributed by atoms with E-state index in [1.54, 1.807) is 19.2 Å². The molecule has 1 aliphatic rings. The van der Waals surface area contributed by atoms with Crippen molar-refractivity contribution in [2.45, 2.75) is 19.4 Å². The van der Waals surface area contributed by atoms with Crippen molar-refractivity contribution in [2.75, 3.05) is 32.1 Å². The van der Waals surface area contributed by atoms with Gasteiger partial charge in [0.1, 0.15) is 5.75 Å². The van der Waals surface area contributed by atoms with Gasteiger partial charge in [-0.05, 0) is 61.5 Å². The van der Waals surface area contributed by atoms with Gasteiger partial charge in [-0.2, -0.15) is 0 Å². The van der Waals surface area contributed by atoms with Crippen molar-refractivity contribution in [1.82, 2.24) is 4.90 Å². The maximum Gasteiger partial charge on any atom is 0.193 e. The number of methoxy groups -OCH3 is 1. The average molecular weight is 521 g/mol. The highest BCUT2D eigenvalue weighted by atomic mass is 127. The van der Waals surface area contributed by atoms with Gasteiger partial charge in [0.05, 0.1) is 12.1 Å². The Hall–Kier alpha value is -1.03. The number of likely N-dealkylation sites (tertiary alicyclic amines) is 1. The molecule has 1 aromatic heterocycles. The van der Waals surface area contributed by atoms with E-state index in [1.165, 1.54) is 4.88 Å². The van der Waals surface area contributed by atoms with Crippen LogP contribution in [0.1, 0.15) is 17.7 Å². The van der Waals surface area contributed by atoms with Gasteiger partial charge >= 0.3 is 0 Å². The Morgan fingerprint density at radius 3 is 2.78 bits per heavy atom. The predicted octanol–water partition coefficient (Wildman–Crippen LogP) is 4.67. The van der Waals surface area contributed by atoms with Crippen LogP contribution in [-0.4, -0.2) is 37.6 Å². The smallest absolute Gasteiger partial charge is 0.193 e. The zero-order chi connectivity index (χ0) is 18.4. The first-order chi connectivity index (χ1) is 12.6. The van der Waals surface area contributed by atoms with E-state index in [9.17, 15) is 0 Å². The lowest BCUT2D eigenvalue weighted by Crippen LogP contribution is -2.34. The molecule has 27 heavy (non-hydrogen) atoms. The third-order valence-corrected chi connectivity index (χ3v) is 5.77. The van der Waals surface area contributed by atoms with E-state index in [0.717, 1.165) is 44.7 Å². The van der Waals surface area contributed by atoms with Crippen molar-refractivity contribution in [3.63, 3.8) is 0 Å². The molecule has 0 radical (unpaired) electrons. The monoisotopic (exact) mass is 520 g/mol. The maximum absolute atomic E-state index is 6.13. The normalized spacial score (nSPS) is 16.0. The number of rotatable bonds is 6. The van der Waals surface area contributed by atoms with Crippen molar-refractivity contribution in [1.29, 1.82) is 0 Å². The molecule has 3 rings (SSSR count). The molecule has 1 aromatic carbocycles. The number of nitrogens with one attached hydrogen (secondary N) is 1. The van der Waals surface area contributed by atoms with Gasteiger partial charge in [-0.3, -0.25) is 9.89 Å². The standard InChI is InChI=1S/C19H25ClN4OS.HI/c1-25-18-5-4-15(11-17(18)20)23-19(21)22-12-14-6-8-24(9-7-14)13-16-3-2-10-26-16;/h2-5,10-11,14H,6-9,12-13H2,1H3,(H3,21,22,23);1H. The van der Waals surface area contributed by atoms with Gasteiger partial charge in [0.2, 0.25) is 0 Å². The summed E-state index contributed by atoms with van der Waals surface area (Å²) in [5.41, 5.74) is 6.82. The second kappa shape index (κ2) is 11.1. The van der Waals surface area contributed by atoms with Crippen LogP contribution in [0.3, 0.4) is 0 Å². The molecular formula is C19H26ClIN4OS. The van der Waals surface area contributed by atoms with Crippen LogP contribution in [0.15, 0.2) is 40.7 Å². The highest BCUT2D eigenvalue weighted by Crippen LogP contribution is 2.27. The molecule has 3 N–H and O–H groups in total. The largest absolute Gasteiger partial charge is 0.495 e. The Balaban J connectivity index is 0.00000261. The molecule has 0 atom stereocenters. The van der Waals surface area contributed by atoms with Crippen molar-refractivity contribution >= 4 is 58.6 Å². The fourth-order valence-corrected chi connectivity index (χ4v) is 4.11. The number of hydrogen-bond acceptors (Lipinski definition) is 4. The fourth-order valence-electron chi connectivity index (χ4n) is 3.11. The molecule has 0 spiro atoms. The first-order valence-corrected chi connectivity index (χ1v) is 10.0. The van der Waals surface area contributed by atoms with Gasteiger partial charge in [0.25, 0.3) is 0 Å². The molecule has 0 unspecified atom stereocenters. The van der Waals surface area contributed by atoms with Crippen molar-refractivity contribution in [3.8, 4) is 5.75 Å². The fraction of sp³-hybridized carbons (Fsp3) is 0.421. The second-order valence-electron chi connectivity index (χ2n) is 6.50. The van der Waals surface area contributed by atoms with Crippen molar-refractivity contribution in [3.05, 3.63) is 45.6 Å². The Labute approximate surface area is 187 Å². The molecule has 8 heteroatoms. The summed E-state index contributed by atoms with van der Waals surface area (Å²) in [6.45, 7) is 4.07. The van der Waals surface area contributed by atoms with Gasteiger partial charge < -0.3 is 15.8 Å². The van der Waals surface area contributed by atoms with E-state index < -0.39 is 0 Å². The van der Waals surface area contributed by atoms with Gasteiger partial charge in [-0.15, -0.1) is 35.3 Å². The van der Waals surface area contributed by atoms with Gasteiger partial charge in [-0.1, -0.05) is 17.7 Å². The van der Waals surface area contributed by atoms with Crippen LogP contribution in [0.4, 0.5) is 5.69 Å². The third kappa shape index (κ3) is 6.81. The first-order valence-electron chi connectivity index (χ1n) is 8.79. The number of thiophene rings is 1. The van der Waals surface area contributed by atoms with E-state index >= 15 is 0 Å². The summed E-state index contributed by atoms with van der Waals surface area (Å²) in [6.07, 6.45) is 2.33. The topological polar surface area (TPSA) is 62.9 Å². The molecule has 0 amide bonds. The summed E-state index contributed by atoms with van der Waals surface area (Å²) in [6, 6.07) is 9.79. The lowest BCUT2D eigenvalue weighted by atomic mass is 9.97. The minimum Gasteiger partial charge on any atom is -0.495 e.